The van der Waals surface area contributed by atoms with E-state index in [9.17, 15) is 0 Å². The molecular formula is C11H16BrN3. The fourth-order valence-corrected chi connectivity index (χ4v) is 2.05. The van der Waals surface area contributed by atoms with Crippen molar-refractivity contribution in [3.05, 3.63) is 28.5 Å². The third-order valence-electron chi connectivity index (χ3n) is 2.71. The third-order valence-corrected chi connectivity index (χ3v) is 3.18. The fourth-order valence-electron chi connectivity index (χ4n) is 1.82. The van der Waals surface area contributed by atoms with E-state index >= 15 is 0 Å². The molecule has 1 aliphatic rings. The Balaban J connectivity index is 1.71. The Labute approximate surface area is 98.8 Å². The Morgan fingerprint density at radius 3 is 3.13 bits per heavy atom. The van der Waals surface area contributed by atoms with E-state index in [1.165, 1.54) is 18.5 Å². The van der Waals surface area contributed by atoms with E-state index < -0.39 is 0 Å². The largest absolute Gasteiger partial charge is 0.316 e. The molecule has 0 radical (unpaired) electrons. The summed E-state index contributed by atoms with van der Waals surface area (Å²) in [5.41, 5.74) is 1.24. The smallest absolute Gasteiger partial charge is 0.106 e. The van der Waals surface area contributed by atoms with Gasteiger partial charge in [-0.05, 0) is 59.5 Å². The van der Waals surface area contributed by atoms with Gasteiger partial charge in [0.2, 0.25) is 0 Å². The standard InChI is InChI=1S/C11H16BrN3/c12-11-2-1-9(8-15-11)6-14-7-10-3-4-13-5-10/h1-2,8,10,13-14H,3-7H2/t10-/m0/s1. The van der Waals surface area contributed by atoms with Crippen molar-refractivity contribution in [3.8, 4) is 0 Å². The number of hydrogen-bond acceptors (Lipinski definition) is 3. The highest BCUT2D eigenvalue weighted by molar-refractivity contribution is 9.10. The van der Waals surface area contributed by atoms with E-state index in [1.54, 1.807) is 0 Å². The summed E-state index contributed by atoms with van der Waals surface area (Å²) in [5.74, 6) is 0.799. The first-order valence-electron chi connectivity index (χ1n) is 5.36. The van der Waals surface area contributed by atoms with Crippen molar-refractivity contribution in [2.75, 3.05) is 19.6 Å². The second-order valence-electron chi connectivity index (χ2n) is 3.98. The summed E-state index contributed by atoms with van der Waals surface area (Å²) < 4.78 is 0.895. The molecule has 4 heteroatoms. The van der Waals surface area contributed by atoms with Crippen LogP contribution in [-0.2, 0) is 6.54 Å². The molecule has 1 aromatic heterocycles. The molecular weight excluding hydrogens is 254 g/mol. The minimum atomic E-state index is 0.799. The predicted molar refractivity (Wildman–Crippen MR) is 64.6 cm³/mol. The summed E-state index contributed by atoms with van der Waals surface area (Å²) in [5, 5.41) is 6.84. The quantitative estimate of drug-likeness (QED) is 0.815. The van der Waals surface area contributed by atoms with Gasteiger partial charge in [0.05, 0.1) is 0 Å². The van der Waals surface area contributed by atoms with E-state index in [0.717, 1.165) is 30.2 Å². The monoisotopic (exact) mass is 269 g/mol. The molecule has 0 saturated carbocycles. The van der Waals surface area contributed by atoms with E-state index in [4.69, 9.17) is 0 Å². The van der Waals surface area contributed by atoms with Gasteiger partial charge in [0.1, 0.15) is 4.60 Å². The Morgan fingerprint density at radius 1 is 1.53 bits per heavy atom. The molecule has 3 nitrogen and oxygen atoms in total. The van der Waals surface area contributed by atoms with Gasteiger partial charge in [-0.3, -0.25) is 0 Å². The molecule has 0 aromatic carbocycles. The summed E-state index contributed by atoms with van der Waals surface area (Å²) >= 11 is 3.33. The van der Waals surface area contributed by atoms with Crippen LogP contribution in [0, 0.1) is 5.92 Å². The maximum absolute atomic E-state index is 4.19. The van der Waals surface area contributed by atoms with Crippen LogP contribution in [0.3, 0.4) is 0 Å². The molecule has 0 spiro atoms. The van der Waals surface area contributed by atoms with E-state index in [2.05, 4.69) is 37.6 Å². The van der Waals surface area contributed by atoms with Crippen LogP contribution in [0.5, 0.6) is 0 Å². The zero-order valence-electron chi connectivity index (χ0n) is 8.67. The van der Waals surface area contributed by atoms with Gasteiger partial charge in [-0.1, -0.05) is 6.07 Å². The Morgan fingerprint density at radius 2 is 2.47 bits per heavy atom. The highest BCUT2D eigenvalue weighted by Crippen LogP contribution is 2.08. The number of nitrogens with one attached hydrogen (secondary N) is 2. The molecule has 1 aliphatic heterocycles. The van der Waals surface area contributed by atoms with Crippen LogP contribution >= 0.6 is 15.9 Å². The zero-order valence-corrected chi connectivity index (χ0v) is 10.3. The number of halogens is 1. The third kappa shape index (κ3) is 3.55. The molecule has 0 unspecified atom stereocenters. The van der Waals surface area contributed by atoms with Crippen LogP contribution in [0.25, 0.3) is 0 Å². The first-order chi connectivity index (χ1) is 7.34. The first-order valence-corrected chi connectivity index (χ1v) is 6.16. The van der Waals surface area contributed by atoms with Crippen LogP contribution in [-0.4, -0.2) is 24.6 Å². The van der Waals surface area contributed by atoms with E-state index in [-0.39, 0.29) is 0 Å². The first kappa shape index (κ1) is 11.0. The summed E-state index contributed by atoms with van der Waals surface area (Å²) in [4.78, 5) is 4.19. The van der Waals surface area contributed by atoms with Crippen molar-refractivity contribution in [1.29, 1.82) is 0 Å². The average Bonchev–Trinajstić information content (AvgIpc) is 2.74. The number of nitrogens with zero attached hydrogens (tertiary/aromatic N) is 1. The summed E-state index contributed by atoms with van der Waals surface area (Å²) in [6.07, 6.45) is 3.20. The number of pyridine rings is 1. The molecule has 0 aliphatic carbocycles. The van der Waals surface area contributed by atoms with Gasteiger partial charge < -0.3 is 10.6 Å². The van der Waals surface area contributed by atoms with Crippen molar-refractivity contribution >= 4 is 15.9 Å². The number of hydrogen-bond donors (Lipinski definition) is 2. The lowest BCUT2D eigenvalue weighted by Crippen LogP contribution is -2.24. The molecule has 2 heterocycles. The van der Waals surface area contributed by atoms with Crippen molar-refractivity contribution in [1.82, 2.24) is 15.6 Å². The van der Waals surface area contributed by atoms with Crippen LogP contribution in [0.4, 0.5) is 0 Å². The Bertz CT molecular complexity index is 293. The fraction of sp³-hybridized carbons (Fsp3) is 0.545. The van der Waals surface area contributed by atoms with E-state index in [1.807, 2.05) is 12.3 Å². The summed E-state index contributed by atoms with van der Waals surface area (Å²) in [6, 6.07) is 4.07. The number of aromatic nitrogens is 1. The molecule has 2 rings (SSSR count). The summed E-state index contributed by atoms with van der Waals surface area (Å²) in [6.45, 7) is 4.34. The van der Waals surface area contributed by atoms with Crippen molar-refractivity contribution in [2.24, 2.45) is 5.92 Å². The molecule has 0 bridgehead atoms. The number of rotatable bonds is 4. The zero-order chi connectivity index (χ0) is 10.5. The van der Waals surface area contributed by atoms with Crippen molar-refractivity contribution in [2.45, 2.75) is 13.0 Å². The molecule has 0 amide bonds. The van der Waals surface area contributed by atoms with Gasteiger partial charge in [-0.2, -0.15) is 0 Å². The van der Waals surface area contributed by atoms with Crippen molar-refractivity contribution < 1.29 is 0 Å². The second-order valence-corrected chi connectivity index (χ2v) is 4.79. The predicted octanol–water partition coefficient (Wildman–Crippen LogP) is 1.54. The minimum absolute atomic E-state index is 0.799. The average molecular weight is 270 g/mol. The summed E-state index contributed by atoms with van der Waals surface area (Å²) in [7, 11) is 0. The topological polar surface area (TPSA) is 37.0 Å². The van der Waals surface area contributed by atoms with Crippen LogP contribution in [0.15, 0.2) is 22.9 Å². The van der Waals surface area contributed by atoms with Gasteiger partial charge in [-0.25, -0.2) is 4.98 Å². The Kier molecular flexibility index (Phi) is 4.11. The molecule has 2 N–H and O–H groups in total. The van der Waals surface area contributed by atoms with Crippen LogP contribution in [0.2, 0.25) is 0 Å². The lowest BCUT2D eigenvalue weighted by Gasteiger charge is -2.09. The van der Waals surface area contributed by atoms with Crippen molar-refractivity contribution in [3.63, 3.8) is 0 Å². The van der Waals surface area contributed by atoms with Gasteiger partial charge in [0, 0.05) is 12.7 Å². The minimum Gasteiger partial charge on any atom is -0.316 e. The van der Waals surface area contributed by atoms with Gasteiger partial charge in [0.25, 0.3) is 0 Å². The molecule has 82 valence electrons. The molecule has 1 saturated heterocycles. The van der Waals surface area contributed by atoms with E-state index in [0.29, 0.717) is 0 Å². The highest BCUT2D eigenvalue weighted by atomic mass is 79.9. The molecule has 1 aromatic rings. The van der Waals surface area contributed by atoms with Gasteiger partial charge in [0.15, 0.2) is 0 Å². The normalized spacial score (nSPS) is 20.7. The van der Waals surface area contributed by atoms with Crippen LogP contribution < -0.4 is 10.6 Å². The molecule has 1 fully saturated rings. The lowest BCUT2D eigenvalue weighted by molar-refractivity contribution is 0.512. The van der Waals surface area contributed by atoms with Gasteiger partial charge in [-0.15, -0.1) is 0 Å². The van der Waals surface area contributed by atoms with Gasteiger partial charge >= 0.3 is 0 Å². The highest BCUT2D eigenvalue weighted by Gasteiger charge is 2.13. The molecule has 15 heavy (non-hydrogen) atoms. The maximum atomic E-state index is 4.19. The Hall–Kier alpha value is -0.450. The van der Waals surface area contributed by atoms with Crippen LogP contribution in [0.1, 0.15) is 12.0 Å². The maximum Gasteiger partial charge on any atom is 0.106 e. The second kappa shape index (κ2) is 5.58. The SMILES string of the molecule is Brc1ccc(CNC[C@H]2CCNC2)cn1. The lowest BCUT2D eigenvalue weighted by atomic mass is 10.1. The molecule has 1 atom stereocenters.